The highest BCUT2D eigenvalue weighted by Crippen LogP contribution is 2.44. The molecule has 1 heterocycles. The predicted molar refractivity (Wildman–Crippen MR) is 71.9 cm³/mol. The molecule has 0 aromatic rings. The summed E-state index contributed by atoms with van der Waals surface area (Å²) in [6, 6.07) is 0. The normalized spacial score (nSPS) is 38.5. The van der Waals surface area contributed by atoms with Gasteiger partial charge in [0.05, 0.1) is 6.10 Å². The number of hydrogen-bond acceptors (Lipinski definition) is 2. The zero-order chi connectivity index (χ0) is 12.1. The molecule has 2 fully saturated rings. The summed E-state index contributed by atoms with van der Waals surface area (Å²) in [7, 11) is 0. The maximum absolute atomic E-state index is 6.08. The first kappa shape index (κ1) is 13.4. The topological polar surface area (TPSA) is 35.2 Å². The van der Waals surface area contributed by atoms with Crippen LogP contribution in [0, 0.1) is 11.3 Å². The molecular formula is C15H29NO. The summed E-state index contributed by atoms with van der Waals surface area (Å²) in [5.74, 6) is 0.976. The SMILES string of the molecule is CCCC1CCC(CN)(CC2CCCO2)CC1. The van der Waals surface area contributed by atoms with Gasteiger partial charge in [0.1, 0.15) is 0 Å². The summed E-state index contributed by atoms with van der Waals surface area (Å²) in [5.41, 5.74) is 6.50. The Morgan fingerprint density at radius 2 is 2.00 bits per heavy atom. The maximum Gasteiger partial charge on any atom is 0.0581 e. The van der Waals surface area contributed by atoms with Gasteiger partial charge >= 0.3 is 0 Å². The fourth-order valence-corrected chi connectivity index (χ4v) is 3.77. The van der Waals surface area contributed by atoms with E-state index in [4.69, 9.17) is 10.5 Å². The van der Waals surface area contributed by atoms with Crippen LogP contribution in [0.15, 0.2) is 0 Å². The van der Waals surface area contributed by atoms with E-state index in [1.165, 1.54) is 57.8 Å². The van der Waals surface area contributed by atoms with E-state index in [1.807, 2.05) is 0 Å². The lowest BCUT2D eigenvalue weighted by atomic mass is 9.67. The standard InChI is InChI=1S/C15H29NO/c1-2-4-13-6-8-15(12-16,9-7-13)11-14-5-3-10-17-14/h13-14H,2-12,16H2,1H3. The molecule has 2 N–H and O–H groups in total. The molecule has 0 aromatic heterocycles. The summed E-state index contributed by atoms with van der Waals surface area (Å²) in [6.45, 7) is 4.15. The summed E-state index contributed by atoms with van der Waals surface area (Å²) < 4.78 is 5.80. The van der Waals surface area contributed by atoms with E-state index < -0.39 is 0 Å². The van der Waals surface area contributed by atoms with Gasteiger partial charge in [-0.25, -0.2) is 0 Å². The molecule has 0 spiro atoms. The van der Waals surface area contributed by atoms with E-state index in [-0.39, 0.29) is 0 Å². The molecule has 1 saturated heterocycles. The summed E-state index contributed by atoms with van der Waals surface area (Å²) in [4.78, 5) is 0. The highest BCUT2D eigenvalue weighted by molar-refractivity contribution is 4.89. The fourth-order valence-electron chi connectivity index (χ4n) is 3.77. The third-order valence-electron chi connectivity index (χ3n) is 4.98. The Morgan fingerprint density at radius 3 is 2.53 bits per heavy atom. The van der Waals surface area contributed by atoms with Gasteiger partial charge in [0.15, 0.2) is 0 Å². The lowest BCUT2D eigenvalue weighted by Crippen LogP contribution is -2.37. The van der Waals surface area contributed by atoms with Crippen LogP contribution in [0.4, 0.5) is 0 Å². The molecule has 2 rings (SSSR count). The van der Waals surface area contributed by atoms with Gasteiger partial charge in [0, 0.05) is 6.61 Å². The minimum atomic E-state index is 0.416. The van der Waals surface area contributed by atoms with Crippen LogP contribution in [0.25, 0.3) is 0 Å². The van der Waals surface area contributed by atoms with Gasteiger partial charge in [-0.3, -0.25) is 0 Å². The van der Waals surface area contributed by atoms with Gasteiger partial charge in [-0.15, -0.1) is 0 Å². The van der Waals surface area contributed by atoms with Crippen molar-refractivity contribution in [1.29, 1.82) is 0 Å². The van der Waals surface area contributed by atoms with E-state index in [0.29, 0.717) is 11.5 Å². The number of hydrogen-bond donors (Lipinski definition) is 1. The Balaban J connectivity index is 1.83. The molecular weight excluding hydrogens is 210 g/mol. The first-order valence-electron chi connectivity index (χ1n) is 7.60. The smallest absolute Gasteiger partial charge is 0.0581 e. The fraction of sp³-hybridized carbons (Fsp3) is 1.00. The minimum Gasteiger partial charge on any atom is -0.378 e. The first-order chi connectivity index (χ1) is 8.28. The molecule has 17 heavy (non-hydrogen) atoms. The van der Waals surface area contributed by atoms with Crippen LogP contribution in [0.5, 0.6) is 0 Å². The van der Waals surface area contributed by atoms with Crippen molar-refractivity contribution in [2.24, 2.45) is 17.1 Å². The molecule has 1 aliphatic heterocycles. The predicted octanol–water partition coefficient (Wildman–Crippen LogP) is 3.49. The highest BCUT2D eigenvalue weighted by Gasteiger charge is 2.36. The molecule has 0 aromatic carbocycles. The minimum absolute atomic E-state index is 0.416. The van der Waals surface area contributed by atoms with Gasteiger partial charge in [-0.1, -0.05) is 19.8 Å². The summed E-state index contributed by atoms with van der Waals surface area (Å²) in [6.07, 6.45) is 12.5. The monoisotopic (exact) mass is 239 g/mol. The van der Waals surface area contributed by atoms with Crippen molar-refractivity contribution in [2.75, 3.05) is 13.2 Å². The second kappa shape index (κ2) is 6.19. The van der Waals surface area contributed by atoms with Crippen molar-refractivity contribution in [3.8, 4) is 0 Å². The van der Waals surface area contributed by atoms with Crippen LogP contribution in [0.2, 0.25) is 0 Å². The summed E-state index contributed by atoms with van der Waals surface area (Å²) >= 11 is 0. The molecule has 0 bridgehead atoms. The first-order valence-corrected chi connectivity index (χ1v) is 7.60. The van der Waals surface area contributed by atoms with Crippen molar-refractivity contribution < 1.29 is 4.74 Å². The Hall–Kier alpha value is -0.0800. The van der Waals surface area contributed by atoms with Crippen molar-refractivity contribution in [3.05, 3.63) is 0 Å². The molecule has 2 nitrogen and oxygen atoms in total. The van der Waals surface area contributed by atoms with Crippen molar-refractivity contribution in [3.63, 3.8) is 0 Å². The largest absolute Gasteiger partial charge is 0.378 e. The van der Waals surface area contributed by atoms with Gasteiger partial charge < -0.3 is 10.5 Å². The van der Waals surface area contributed by atoms with Crippen LogP contribution in [0.1, 0.15) is 64.7 Å². The molecule has 0 radical (unpaired) electrons. The number of ether oxygens (including phenoxy) is 1. The lowest BCUT2D eigenvalue weighted by Gasteiger charge is -2.41. The number of rotatable bonds is 5. The van der Waals surface area contributed by atoms with Gasteiger partial charge in [-0.2, -0.15) is 0 Å². The van der Waals surface area contributed by atoms with Gasteiger partial charge in [0.25, 0.3) is 0 Å². The highest BCUT2D eigenvalue weighted by atomic mass is 16.5. The lowest BCUT2D eigenvalue weighted by molar-refractivity contribution is 0.0380. The van der Waals surface area contributed by atoms with Crippen LogP contribution in [-0.2, 0) is 4.74 Å². The van der Waals surface area contributed by atoms with E-state index >= 15 is 0 Å². The second-order valence-electron chi connectivity index (χ2n) is 6.28. The van der Waals surface area contributed by atoms with E-state index in [1.54, 1.807) is 0 Å². The molecule has 1 aliphatic carbocycles. The Morgan fingerprint density at radius 1 is 1.24 bits per heavy atom. The van der Waals surface area contributed by atoms with Crippen molar-refractivity contribution in [1.82, 2.24) is 0 Å². The average Bonchev–Trinajstić information content (AvgIpc) is 2.85. The maximum atomic E-state index is 6.08. The molecule has 0 amide bonds. The van der Waals surface area contributed by atoms with E-state index in [9.17, 15) is 0 Å². The third-order valence-corrected chi connectivity index (χ3v) is 4.98. The van der Waals surface area contributed by atoms with Crippen LogP contribution in [-0.4, -0.2) is 19.3 Å². The van der Waals surface area contributed by atoms with Crippen LogP contribution >= 0.6 is 0 Å². The van der Waals surface area contributed by atoms with Crippen LogP contribution < -0.4 is 5.73 Å². The summed E-state index contributed by atoms with van der Waals surface area (Å²) in [5, 5.41) is 0. The van der Waals surface area contributed by atoms with Crippen molar-refractivity contribution in [2.45, 2.75) is 70.8 Å². The molecule has 2 heteroatoms. The molecule has 2 aliphatic rings. The molecule has 1 saturated carbocycles. The molecule has 100 valence electrons. The Kier molecular flexibility index (Phi) is 4.87. The molecule has 1 atom stereocenters. The van der Waals surface area contributed by atoms with Crippen molar-refractivity contribution >= 4 is 0 Å². The Bertz CT molecular complexity index is 215. The molecule has 1 unspecified atom stereocenters. The van der Waals surface area contributed by atoms with Gasteiger partial charge in [0.2, 0.25) is 0 Å². The van der Waals surface area contributed by atoms with Gasteiger partial charge in [-0.05, 0) is 62.8 Å². The van der Waals surface area contributed by atoms with Crippen LogP contribution in [0.3, 0.4) is 0 Å². The van der Waals surface area contributed by atoms with E-state index in [2.05, 4.69) is 6.92 Å². The zero-order valence-electron chi connectivity index (χ0n) is 11.4. The zero-order valence-corrected chi connectivity index (χ0v) is 11.4. The van der Waals surface area contributed by atoms with E-state index in [0.717, 1.165) is 19.1 Å². The Labute approximate surface area is 106 Å². The number of nitrogens with two attached hydrogens (primary N) is 1. The third kappa shape index (κ3) is 3.45. The average molecular weight is 239 g/mol. The quantitative estimate of drug-likeness (QED) is 0.797. The second-order valence-corrected chi connectivity index (χ2v) is 6.28.